The molecule has 1 atom stereocenters. The fourth-order valence-corrected chi connectivity index (χ4v) is 1.50. The average Bonchev–Trinajstić information content (AvgIpc) is 2.16. The van der Waals surface area contributed by atoms with Crippen LogP contribution < -0.4 is 11.3 Å². The quantitative estimate of drug-likeness (QED) is 0.778. The van der Waals surface area contributed by atoms with Gasteiger partial charge in [-0.2, -0.15) is 0 Å². The summed E-state index contributed by atoms with van der Waals surface area (Å²) in [6.07, 6.45) is 0. The minimum absolute atomic E-state index is 0. The standard InChI is InChI=1S/C11H12N2O.ClH/c1-7(12)9-6-8-4-2-3-5-10(8)13-11(9)14;/h2-7H,12H2,1H3,(H,13,14);1H. The summed E-state index contributed by atoms with van der Waals surface area (Å²) in [7, 11) is 0. The van der Waals surface area contributed by atoms with Gasteiger partial charge in [-0.15, -0.1) is 12.4 Å². The van der Waals surface area contributed by atoms with Crippen LogP contribution in [-0.2, 0) is 0 Å². The predicted molar refractivity (Wildman–Crippen MR) is 64.4 cm³/mol. The minimum Gasteiger partial charge on any atom is -0.324 e. The van der Waals surface area contributed by atoms with Crippen molar-refractivity contribution in [1.29, 1.82) is 0 Å². The van der Waals surface area contributed by atoms with Crippen LogP contribution in [0.2, 0.25) is 0 Å². The van der Waals surface area contributed by atoms with Crippen LogP contribution in [0.5, 0.6) is 0 Å². The van der Waals surface area contributed by atoms with Gasteiger partial charge in [0.05, 0.1) is 0 Å². The number of benzene rings is 1. The zero-order chi connectivity index (χ0) is 10.1. The van der Waals surface area contributed by atoms with Crippen LogP contribution >= 0.6 is 12.4 Å². The fourth-order valence-electron chi connectivity index (χ4n) is 1.50. The number of fused-ring (bicyclic) bond motifs is 1. The highest BCUT2D eigenvalue weighted by Crippen LogP contribution is 2.12. The lowest BCUT2D eigenvalue weighted by Gasteiger charge is -2.05. The molecule has 0 aliphatic rings. The molecule has 80 valence electrons. The molecular weight excluding hydrogens is 212 g/mol. The first-order valence-electron chi connectivity index (χ1n) is 4.56. The van der Waals surface area contributed by atoms with Crippen LogP contribution in [0, 0.1) is 0 Å². The van der Waals surface area contributed by atoms with Gasteiger partial charge < -0.3 is 10.7 Å². The second-order valence-electron chi connectivity index (χ2n) is 3.43. The van der Waals surface area contributed by atoms with Gasteiger partial charge in [0, 0.05) is 17.1 Å². The van der Waals surface area contributed by atoms with Crippen LogP contribution in [0.4, 0.5) is 0 Å². The Kier molecular flexibility index (Phi) is 3.50. The third-order valence-electron chi connectivity index (χ3n) is 2.27. The first kappa shape index (κ1) is 11.8. The second-order valence-corrected chi connectivity index (χ2v) is 3.43. The maximum absolute atomic E-state index is 11.5. The Balaban J connectivity index is 0.00000112. The van der Waals surface area contributed by atoms with Gasteiger partial charge in [0.15, 0.2) is 0 Å². The van der Waals surface area contributed by atoms with E-state index in [4.69, 9.17) is 5.73 Å². The van der Waals surface area contributed by atoms with Gasteiger partial charge in [-0.05, 0) is 24.4 Å². The molecule has 0 bridgehead atoms. The molecule has 2 aromatic rings. The van der Waals surface area contributed by atoms with E-state index in [0.717, 1.165) is 10.9 Å². The number of halogens is 1. The predicted octanol–water partition coefficient (Wildman–Crippen LogP) is 1.97. The Labute approximate surface area is 93.7 Å². The van der Waals surface area contributed by atoms with Crippen molar-refractivity contribution in [3.8, 4) is 0 Å². The Bertz CT molecular complexity index is 519. The molecular formula is C11H13ClN2O. The van der Waals surface area contributed by atoms with Crippen molar-refractivity contribution in [2.45, 2.75) is 13.0 Å². The number of nitrogens with two attached hydrogens (primary N) is 1. The van der Waals surface area contributed by atoms with E-state index in [2.05, 4.69) is 4.98 Å². The molecule has 0 aliphatic carbocycles. The van der Waals surface area contributed by atoms with E-state index in [0.29, 0.717) is 5.56 Å². The number of para-hydroxylation sites is 1. The molecule has 1 heterocycles. The summed E-state index contributed by atoms with van der Waals surface area (Å²) in [6.45, 7) is 1.80. The molecule has 2 rings (SSSR count). The van der Waals surface area contributed by atoms with Gasteiger partial charge in [-0.1, -0.05) is 18.2 Å². The first-order valence-corrected chi connectivity index (χ1v) is 4.56. The third kappa shape index (κ3) is 2.19. The van der Waals surface area contributed by atoms with Gasteiger partial charge >= 0.3 is 0 Å². The molecule has 1 aromatic heterocycles. The highest BCUT2D eigenvalue weighted by Gasteiger charge is 2.05. The van der Waals surface area contributed by atoms with E-state index in [1.165, 1.54) is 0 Å². The topological polar surface area (TPSA) is 58.9 Å². The molecule has 3 nitrogen and oxygen atoms in total. The van der Waals surface area contributed by atoms with Crippen LogP contribution in [0.3, 0.4) is 0 Å². The minimum atomic E-state index is -0.233. The molecule has 0 spiro atoms. The molecule has 0 fully saturated rings. The largest absolute Gasteiger partial charge is 0.324 e. The molecule has 0 amide bonds. The highest BCUT2D eigenvalue weighted by molar-refractivity contribution is 5.85. The van der Waals surface area contributed by atoms with E-state index >= 15 is 0 Å². The summed E-state index contributed by atoms with van der Waals surface area (Å²) in [6, 6.07) is 9.27. The number of hydrogen-bond acceptors (Lipinski definition) is 2. The van der Waals surface area contributed by atoms with E-state index in [1.807, 2.05) is 30.3 Å². The van der Waals surface area contributed by atoms with Crippen LogP contribution in [0.25, 0.3) is 10.9 Å². The van der Waals surface area contributed by atoms with Crippen molar-refractivity contribution < 1.29 is 0 Å². The maximum Gasteiger partial charge on any atom is 0.253 e. The van der Waals surface area contributed by atoms with Gasteiger partial charge in [-0.3, -0.25) is 4.79 Å². The lowest BCUT2D eigenvalue weighted by Crippen LogP contribution is -2.19. The monoisotopic (exact) mass is 224 g/mol. The van der Waals surface area contributed by atoms with E-state index < -0.39 is 0 Å². The molecule has 4 heteroatoms. The summed E-state index contributed by atoms with van der Waals surface area (Å²) in [5.74, 6) is 0. The lowest BCUT2D eigenvalue weighted by molar-refractivity contribution is 0.804. The molecule has 0 saturated heterocycles. The van der Waals surface area contributed by atoms with Gasteiger partial charge in [-0.25, -0.2) is 0 Å². The third-order valence-corrected chi connectivity index (χ3v) is 2.27. The van der Waals surface area contributed by atoms with Crippen molar-refractivity contribution in [3.63, 3.8) is 0 Å². The second kappa shape index (κ2) is 4.47. The Morgan fingerprint density at radius 2 is 2.00 bits per heavy atom. The number of pyridine rings is 1. The first-order chi connectivity index (χ1) is 6.68. The molecule has 1 unspecified atom stereocenters. The summed E-state index contributed by atoms with van der Waals surface area (Å²) in [5.41, 5.74) is 7.06. The van der Waals surface area contributed by atoms with E-state index in [1.54, 1.807) is 6.92 Å². The fraction of sp³-hybridized carbons (Fsp3) is 0.182. The van der Waals surface area contributed by atoms with Crippen LogP contribution in [0.1, 0.15) is 18.5 Å². The Morgan fingerprint density at radius 3 is 2.67 bits per heavy atom. The lowest BCUT2D eigenvalue weighted by atomic mass is 10.1. The summed E-state index contributed by atoms with van der Waals surface area (Å²) < 4.78 is 0. The smallest absolute Gasteiger partial charge is 0.253 e. The summed E-state index contributed by atoms with van der Waals surface area (Å²) >= 11 is 0. The molecule has 0 saturated carbocycles. The van der Waals surface area contributed by atoms with Crippen LogP contribution in [0.15, 0.2) is 35.1 Å². The number of aromatic amines is 1. The highest BCUT2D eigenvalue weighted by atomic mass is 35.5. The molecule has 0 aliphatic heterocycles. The van der Waals surface area contributed by atoms with Crippen molar-refractivity contribution in [1.82, 2.24) is 4.98 Å². The van der Waals surface area contributed by atoms with Crippen molar-refractivity contribution in [2.75, 3.05) is 0 Å². The molecule has 15 heavy (non-hydrogen) atoms. The zero-order valence-corrected chi connectivity index (χ0v) is 9.17. The number of nitrogens with one attached hydrogen (secondary N) is 1. The molecule has 0 radical (unpaired) electrons. The van der Waals surface area contributed by atoms with Gasteiger partial charge in [0.1, 0.15) is 0 Å². The number of hydrogen-bond donors (Lipinski definition) is 2. The summed E-state index contributed by atoms with van der Waals surface area (Å²) in [5, 5.41) is 1.01. The van der Waals surface area contributed by atoms with E-state index in [-0.39, 0.29) is 24.0 Å². The van der Waals surface area contributed by atoms with Gasteiger partial charge in [0.2, 0.25) is 0 Å². The number of rotatable bonds is 1. The average molecular weight is 225 g/mol. The normalized spacial score (nSPS) is 12.1. The Hall–Kier alpha value is -1.32. The Morgan fingerprint density at radius 1 is 1.33 bits per heavy atom. The number of aromatic nitrogens is 1. The molecule has 1 aromatic carbocycles. The van der Waals surface area contributed by atoms with Crippen molar-refractivity contribution in [2.24, 2.45) is 5.73 Å². The summed E-state index contributed by atoms with van der Waals surface area (Å²) in [4.78, 5) is 14.3. The maximum atomic E-state index is 11.5. The number of H-pyrrole nitrogens is 1. The zero-order valence-electron chi connectivity index (χ0n) is 8.36. The van der Waals surface area contributed by atoms with Gasteiger partial charge in [0.25, 0.3) is 5.56 Å². The molecule has 3 N–H and O–H groups in total. The SMILES string of the molecule is CC(N)c1cc2ccccc2[nH]c1=O.Cl. The van der Waals surface area contributed by atoms with Crippen LogP contribution in [-0.4, -0.2) is 4.98 Å². The van der Waals surface area contributed by atoms with Crippen molar-refractivity contribution >= 4 is 23.3 Å². The van der Waals surface area contributed by atoms with E-state index in [9.17, 15) is 4.79 Å². The van der Waals surface area contributed by atoms with Crippen molar-refractivity contribution in [3.05, 3.63) is 46.2 Å².